The van der Waals surface area contributed by atoms with E-state index in [-0.39, 0.29) is 0 Å². The lowest BCUT2D eigenvalue weighted by Crippen LogP contribution is -2.26. The van der Waals surface area contributed by atoms with E-state index in [0.29, 0.717) is 12.5 Å². The standard InChI is InChI=1S/C19H34N2O/c1-5-11-21(12-6-2)13-7-8-17-9-10-19(18(20)14-17)22-15-16(3)4/h9-10,14,16H,5-8,11-13,15,20H2,1-4H3. The van der Waals surface area contributed by atoms with Gasteiger partial charge in [-0.15, -0.1) is 0 Å². The summed E-state index contributed by atoms with van der Waals surface area (Å²) >= 11 is 0. The molecule has 126 valence electrons. The largest absolute Gasteiger partial charge is 0.491 e. The fourth-order valence-electron chi connectivity index (χ4n) is 2.62. The zero-order chi connectivity index (χ0) is 16.4. The van der Waals surface area contributed by atoms with Crippen molar-refractivity contribution < 1.29 is 4.74 Å². The highest BCUT2D eigenvalue weighted by Crippen LogP contribution is 2.23. The lowest BCUT2D eigenvalue weighted by atomic mass is 10.1. The normalized spacial score (nSPS) is 11.4. The number of benzene rings is 1. The second-order valence-corrected chi connectivity index (χ2v) is 6.52. The third-order valence-corrected chi connectivity index (χ3v) is 3.67. The Balaban J connectivity index is 2.44. The molecule has 0 aromatic heterocycles. The first-order chi connectivity index (χ1) is 10.6. The molecule has 0 saturated carbocycles. The quantitative estimate of drug-likeness (QED) is 0.617. The summed E-state index contributed by atoms with van der Waals surface area (Å²) in [5.41, 5.74) is 8.17. The van der Waals surface area contributed by atoms with Crippen LogP contribution in [0.5, 0.6) is 5.75 Å². The van der Waals surface area contributed by atoms with Crippen LogP contribution in [0, 0.1) is 5.92 Å². The summed E-state index contributed by atoms with van der Waals surface area (Å²) in [4.78, 5) is 2.56. The first-order valence-electron chi connectivity index (χ1n) is 8.80. The Bertz CT molecular complexity index is 412. The molecule has 3 nitrogen and oxygen atoms in total. The van der Waals surface area contributed by atoms with Gasteiger partial charge in [0.15, 0.2) is 0 Å². The van der Waals surface area contributed by atoms with E-state index in [4.69, 9.17) is 10.5 Å². The zero-order valence-electron chi connectivity index (χ0n) is 14.9. The number of rotatable bonds is 11. The number of nitrogens with two attached hydrogens (primary N) is 1. The van der Waals surface area contributed by atoms with E-state index in [2.05, 4.69) is 44.7 Å². The minimum atomic E-state index is 0.516. The number of hydrogen-bond acceptors (Lipinski definition) is 3. The van der Waals surface area contributed by atoms with Gasteiger partial charge >= 0.3 is 0 Å². The summed E-state index contributed by atoms with van der Waals surface area (Å²) in [6.45, 7) is 13.1. The molecule has 1 aromatic rings. The number of nitrogen functional groups attached to an aromatic ring is 1. The summed E-state index contributed by atoms with van der Waals surface area (Å²) in [6, 6.07) is 6.23. The van der Waals surface area contributed by atoms with Gasteiger partial charge in [-0.2, -0.15) is 0 Å². The topological polar surface area (TPSA) is 38.5 Å². The molecule has 0 fully saturated rings. The van der Waals surface area contributed by atoms with Gasteiger partial charge in [0, 0.05) is 0 Å². The molecular weight excluding hydrogens is 272 g/mol. The average molecular weight is 306 g/mol. The summed E-state index contributed by atoms with van der Waals surface area (Å²) in [5.74, 6) is 1.33. The van der Waals surface area contributed by atoms with Gasteiger partial charge in [0.2, 0.25) is 0 Å². The summed E-state index contributed by atoms with van der Waals surface area (Å²) in [7, 11) is 0. The van der Waals surface area contributed by atoms with Crippen LogP contribution in [-0.4, -0.2) is 31.1 Å². The number of aryl methyl sites for hydroxylation is 1. The van der Waals surface area contributed by atoms with Crippen LogP contribution in [0.1, 0.15) is 52.5 Å². The predicted octanol–water partition coefficient (Wildman–Crippen LogP) is 4.36. The molecule has 22 heavy (non-hydrogen) atoms. The maximum Gasteiger partial charge on any atom is 0.142 e. The van der Waals surface area contributed by atoms with Crippen molar-refractivity contribution in [2.24, 2.45) is 5.92 Å². The van der Waals surface area contributed by atoms with Crippen LogP contribution >= 0.6 is 0 Å². The summed E-state index contributed by atoms with van der Waals surface area (Å²) < 4.78 is 5.73. The highest BCUT2D eigenvalue weighted by molar-refractivity contribution is 5.54. The maximum atomic E-state index is 6.10. The van der Waals surface area contributed by atoms with Crippen molar-refractivity contribution >= 4 is 5.69 Å². The van der Waals surface area contributed by atoms with Crippen LogP contribution in [0.4, 0.5) is 5.69 Å². The highest BCUT2D eigenvalue weighted by Gasteiger charge is 2.05. The first kappa shape index (κ1) is 18.8. The molecule has 0 aliphatic heterocycles. The second-order valence-electron chi connectivity index (χ2n) is 6.52. The number of nitrogens with zero attached hydrogens (tertiary/aromatic N) is 1. The molecule has 1 aromatic carbocycles. The Morgan fingerprint density at radius 3 is 2.32 bits per heavy atom. The second kappa shape index (κ2) is 10.5. The van der Waals surface area contributed by atoms with Crippen LogP contribution in [0.25, 0.3) is 0 Å². The Hall–Kier alpha value is -1.22. The van der Waals surface area contributed by atoms with Crippen molar-refractivity contribution in [1.29, 1.82) is 0 Å². The molecule has 0 heterocycles. The third-order valence-electron chi connectivity index (χ3n) is 3.67. The summed E-state index contributed by atoms with van der Waals surface area (Å²) in [6.07, 6.45) is 4.73. The van der Waals surface area contributed by atoms with Gasteiger partial charge in [-0.3, -0.25) is 0 Å². The Morgan fingerprint density at radius 2 is 1.77 bits per heavy atom. The molecule has 0 spiro atoms. The van der Waals surface area contributed by atoms with Crippen molar-refractivity contribution in [2.45, 2.75) is 53.4 Å². The fraction of sp³-hybridized carbons (Fsp3) is 0.684. The van der Waals surface area contributed by atoms with Crippen LogP contribution in [0.2, 0.25) is 0 Å². The third kappa shape index (κ3) is 7.17. The van der Waals surface area contributed by atoms with Gasteiger partial charge in [0.05, 0.1) is 12.3 Å². The van der Waals surface area contributed by atoms with E-state index in [9.17, 15) is 0 Å². The number of hydrogen-bond donors (Lipinski definition) is 1. The van der Waals surface area contributed by atoms with Crippen molar-refractivity contribution in [3.8, 4) is 5.75 Å². The molecule has 2 N–H and O–H groups in total. The van der Waals surface area contributed by atoms with Gasteiger partial charge in [0.25, 0.3) is 0 Å². The maximum absolute atomic E-state index is 6.10. The molecule has 1 rings (SSSR count). The minimum absolute atomic E-state index is 0.516. The van der Waals surface area contributed by atoms with Crippen LogP contribution in [0.15, 0.2) is 18.2 Å². The lowest BCUT2D eigenvalue weighted by Gasteiger charge is -2.20. The van der Waals surface area contributed by atoms with Crippen molar-refractivity contribution in [2.75, 3.05) is 32.0 Å². The first-order valence-corrected chi connectivity index (χ1v) is 8.80. The Morgan fingerprint density at radius 1 is 1.09 bits per heavy atom. The monoisotopic (exact) mass is 306 g/mol. The summed E-state index contributed by atoms with van der Waals surface area (Å²) in [5, 5.41) is 0. The van der Waals surface area contributed by atoms with Gasteiger partial charge in [0.1, 0.15) is 5.75 Å². The van der Waals surface area contributed by atoms with Crippen molar-refractivity contribution in [3.05, 3.63) is 23.8 Å². The predicted molar refractivity (Wildman–Crippen MR) is 96.5 cm³/mol. The zero-order valence-corrected chi connectivity index (χ0v) is 14.9. The van der Waals surface area contributed by atoms with Crippen LogP contribution in [-0.2, 0) is 6.42 Å². The Labute approximate surface area is 136 Å². The SMILES string of the molecule is CCCN(CCC)CCCc1ccc(OCC(C)C)c(N)c1. The van der Waals surface area contributed by atoms with E-state index < -0.39 is 0 Å². The van der Waals surface area contributed by atoms with Gasteiger partial charge < -0.3 is 15.4 Å². The molecule has 0 aliphatic rings. The molecule has 0 amide bonds. The van der Waals surface area contributed by atoms with Crippen molar-refractivity contribution in [3.63, 3.8) is 0 Å². The van der Waals surface area contributed by atoms with Gasteiger partial charge in [-0.05, 0) is 68.9 Å². The average Bonchev–Trinajstić information content (AvgIpc) is 2.46. The van der Waals surface area contributed by atoms with E-state index in [0.717, 1.165) is 17.9 Å². The van der Waals surface area contributed by atoms with E-state index >= 15 is 0 Å². The van der Waals surface area contributed by atoms with Crippen molar-refractivity contribution in [1.82, 2.24) is 4.90 Å². The molecule has 0 aliphatic carbocycles. The Kier molecular flexibility index (Phi) is 8.98. The number of anilines is 1. The highest BCUT2D eigenvalue weighted by atomic mass is 16.5. The smallest absolute Gasteiger partial charge is 0.142 e. The molecule has 0 atom stereocenters. The van der Waals surface area contributed by atoms with Crippen LogP contribution < -0.4 is 10.5 Å². The lowest BCUT2D eigenvalue weighted by molar-refractivity contribution is 0.270. The van der Waals surface area contributed by atoms with Gasteiger partial charge in [-0.25, -0.2) is 0 Å². The molecular formula is C19H34N2O. The molecule has 0 unspecified atom stereocenters. The van der Waals surface area contributed by atoms with Crippen LogP contribution in [0.3, 0.4) is 0 Å². The van der Waals surface area contributed by atoms with E-state index in [1.807, 2.05) is 6.07 Å². The molecule has 0 radical (unpaired) electrons. The fourth-order valence-corrected chi connectivity index (χ4v) is 2.62. The molecule has 0 saturated heterocycles. The number of ether oxygens (including phenoxy) is 1. The molecule has 3 heteroatoms. The molecule has 0 bridgehead atoms. The van der Waals surface area contributed by atoms with E-state index in [1.54, 1.807) is 0 Å². The minimum Gasteiger partial charge on any atom is -0.491 e. The van der Waals surface area contributed by atoms with E-state index in [1.165, 1.54) is 44.5 Å². The van der Waals surface area contributed by atoms with Gasteiger partial charge in [-0.1, -0.05) is 33.8 Å².